The summed E-state index contributed by atoms with van der Waals surface area (Å²) in [5.74, 6) is 1.74. The summed E-state index contributed by atoms with van der Waals surface area (Å²) in [5, 5.41) is 3.98. The minimum atomic E-state index is 0.746. The maximum atomic E-state index is 3.98. The Morgan fingerprint density at radius 3 is 2.24 bits per heavy atom. The number of rotatable bonds is 2. The minimum absolute atomic E-state index is 0.746. The van der Waals surface area contributed by atoms with E-state index in [0.29, 0.717) is 0 Å². The van der Waals surface area contributed by atoms with E-state index in [-0.39, 0.29) is 0 Å². The van der Waals surface area contributed by atoms with Gasteiger partial charge in [-0.25, -0.2) is 0 Å². The Kier molecular flexibility index (Phi) is 4.48. The molecule has 17 heavy (non-hydrogen) atoms. The monoisotopic (exact) mass is 238 g/mol. The summed E-state index contributed by atoms with van der Waals surface area (Å²) in [4.78, 5) is 2.49. The highest BCUT2D eigenvalue weighted by atomic mass is 15.1. The van der Waals surface area contributed by atoms with E-state index in [1.807, 2.05) is 0 Å². The molecule has 2 fully saturated rings. The van der Waals surface area contributed by atoms with Gasteiger partial charge in [-0.15, -0.1) is 0 Å². The quantitative estimate of drug-likeness (QED) is 0.796. The Bertz CT molecular complexity index is 231. The highest BCUT2D eigenvalue weighted by Crippen LogP contribution is 2.30. The lowest BCUT2D eigenvalue weighted by molar-refractivity contribution is 0.130. The smallest absolute Gasteiger partial charge is 0.0121 e. The van der Waals surface area contributed by atoms with Crippen LogP contribution in [0, 0.1) is 11.8 Å². The van der Waals surface area contributed by atoms with Crippen molar-refractivity contribution in [2.24, 2.45) is 11.8 Å². The van der Waals surface area contributed by atoms with E-state index in [1.165, 1.54) is 38.6 Å². The number of hydrogen-bond acceptors (Lipinski definition) is 2. The molecule has 0 aromatic carbocycles. The molecule has 4 unspecified atom stereocenters. The van der Waals surface area contributed by atoms with Gasteiger partial charge in [0.05, 0.1) is 0 Å². The molecule has 1 aliphatic carbocycles. The standard InChI is InChI=1S/C15H30N2/c1-11-6-5-7-12(2)15(11)16-14-8-9-17(4)13(3)10-14/h11-16H,5-10H2,1-4H3. The van der Waals surface area contributed by atoms with Crippen LogP contribution in [0.4, 0.5) is 0 Å². The maximum absolute atomic E-state index is 3.98. The fourth-order valence-corrected chi connectivity index (χ4v) is 3.72. The summed E-state index contributed by atoms with van der Waals surface area (Å²) in [6.07, 6.45) is 6.93. The zero-order chi connectivity index (χ0) is 12.4. The topological polar surface area (TPSA) is 15.3 Å². The molecule has 2 rings (SSSR count). The van der Waals surface area contributed by atoms with Gasteiger partial charge in [0.1, 0.15) is 0 Å². The molecule has 0 bridgehead atoms. The SMILES string of the molecule is CC1CCCC(C)C1NC1CCN(C)C(C)C1. The summed E-state index contributed by atoms with van der Waals surface area (Å²) in [6.45, 7) is 8.49. The molecule has 2 nitrogen and oxygen atoms in total. The van der Waals surface area contributed by atoms with Crippen LogP contribution < -0.4 is 5.32 Å². The van der Waals surface area contributed by atoms with Crippen LogP contribution in [-0.2, 0) is 0 Å². The first-order valence-corrected chi connectivity index (χ1v) is 7.54. The Balaban J connectivity index is 1.87. The van der Waals surface area contributed by atoms with Gasteiger partial charge in [-0.2, -0.15) is 0 Å². The van der Waals surface area contributed by atoms with Crippen LogP contribution in [0.1, 0.15) is 52.9 Å². The predicted molar refractivity (Wildman–Crippen MR) is 74.2 cm³/mol. The molecule has 0 radical (unpaired) electrons. The van der Waals surface area contributed by atoms with Crippen molar-refractivity contribution in [3.8, 4) is 0 Å². The van der Waals surface area contributed by atoms with Gasteiger partial charge in [-0.05, 0) is 58.0 Å². The number of piperidine rings is 1. The summed E-state index contributed by atoms with van der Waals surface area (Å²) >= 11 is 0. The average molecular weight is 238 g/mol. The zero-order valence-electron chi connectivity index (χ0n) is 12.1. The van der Waals surface area contributed by atoms with Gasteiger partial charge >= 0.3 is 0 Å². The molecule has 0 spiro atoms. The average Bonchev–Trinajstić information content (AvgIpc) is 2.28. The zero-order valence-corrected chi connectivity index (χ0v) is 12.1. The molecule has 1 saturated carbocycles. The van der Waals surface area contributed by atoms with Crippen molar-refractivity contribution in [1.82, 2.24) is 10.2 Å². The first-order chi connectivity index (χ1) is 8.08. The number of nitrogens with one attached hydrogen (secondary N) is 1. The second kappa shape index (κ2) is 5.71. The Morgan fingerprint density at radius 1 is 1.00 bits per heavy atom. The van der Waals surface area contributed by atoms with Gasteiger partial charge in [0.25, 0.3) is 0 Å². The first kappa shape index (κ1) is 13.4. The summed E-state index contributed by atoms with van der Waals surface area (Å²) in [7, 11) is 2.26. The molecule has 0 amide bonds. The van der Waals surface area contributed by atoms with Gasteiger partial charge < -0.3 is 10.2 Å². The fourth-order valence-electron chi connectivity index (χ4n) is 3.72. The Labute approximate surface area is 107 Å². The third kappa shape index (κ3) is 3.23. The second-order valence-electron chi connectivity index (χ2n) is 6.63. The third-order valence-electron chi connectivity index (χ3n) is 5.18. The fraction of sp³-hybridized carbons (Fsp3) is 1.00. The van der Waals surface area contributed by atoms with Crippen LogP contribution in [-0.4, -0.2) is 36.6 Å². The summed E-state index contributed by atoms with van der Waals surface area (Å²) in [6, 6.07) is 2.27. The number of nitrogens with zero attached hydrogens (tertiary/aromatic N) is 1. The van der Waals surface area contributed by atoms with Crippen LogP contribution in [0.2, 0.25) is 0 Å². The van der Waals surface area contributed by atoms with Gasteiger partial charge in [0.2, 0.25) is 0 Å². The van der Waals surface area contributed by atoms with Gasteiger partial charge in [-0.3, -0.25) is 0 Å². The van der Waals surface area contributed by atoms with Crippen LogP contribution in [0.25, 0.3) is 0 Å². The molecule has 1 heterocycles. The van der Waals surface area contributed by atoms with Crippen LogP contribution in [0.5, 0.6) is 0 Å². The molecule has 1 saturated heterocycles. The van der Waals surface area contributed by atoms with Crippen molar-refractivity contribution in [2.45, 2.75) is 71.0 Å². The molecule has 0 aromatic rings. The Morgan fingerprint density at radius 2 is 1.65 bits per heavy atom. The van der Waals surface area contributed by atoms with E-state index in [2.05, 4.69) is 38.0 Å². The highest BCUT2D eigenvalue weighted by molar-refractivity contribution is 4.89. The van der Waals surface area contributed by atoms with E-state index in [9.17, 15) is 0 Å². The normalized spacial score (nSPS) is 44.8. The lowest BCUT2D eigenvalue weighted by Gasteiger charge is -2.42. The van der Waals surface area contributed by atoms with E-state index >= 15 is 0 Å². The minimum Gasteiger partial charge on any atom is -0.311 e. The van der Waals surface area contributed by atoms with Crippen molar-refractivity contribution in [1.29, 1.82) is 0 Å². The maximum Gasteiger partial charge on any atom is 0.0121 e. The molecule has 2 heteroatoms. The predicted octanol–water partition coefficient (Wildman–Crippen LogP) is 2.88. The molecule has 1 N–H and O–H groups in total. The van der Waals surface area contributed by atoms with Crippen LogP contribution >= 0.6 is 0 Å². The highest BCUT2D eigenvalue weighted by Gasteiger charge is 2.31. The molecular formula is C15H30N2. The lowest BCUT2D eigenvalue weighted by atomic mass is 9.78. The van der Waals surface area contributed by atoms with Gasteiger partial charge in [0.15, 0.2) is 0 Å². The van der Waals surface area contributed by atoms with E-state index in [0.717, 1.165) is 30.0 Å². The largest absolute Gasteiger partial charge is 0.311 e. The molecule has 0 aromatic heterocycles. The van der Waals surface area contributed by atoms with Gasteiger partial charge in [-0.1, -0.05) is 20.3 Å². The van der Waals surface area contributed by atoms with Crippen molar-refractivity contribution in [3.63, 3.8) is 0 Å². The third-order valence-corrected chi connectivity index (χ3v) is 5.18. The van der Waals surface area contributed by atoms with Crippen molar-refractivity contribution in [2.75, 3.05) is 13.6 Å². The van der Waals surface area contributed by atoms with Crippen molar-refractivity contribution >= 4 is 0 Å². The molecule has 1 aliphatic heterocycles. The Hall–Kier alpha value is -0.0800. The summed E-state index contributed by atoms with van der Waals surface area (Å²) in [5.41, 5.74) is 0. The molecule has 100 valence electrons. The van der Waals surface area contributed by atoms with Crippen molar-refractivity contribution < 1.29 is 0 Å². The van der Waals surface area contributed by atoms with Gasteiger partial charge in [0, 0.05) is 18.1 Å². The van der Waals surface area contributed by atoms with Crippen LogP contribution in [0.3, 0.4) is 0 Å². The number of likely N-dealkylation sites (tertiary alicyclic amines) is 1. The molecule has 2 aliphatic rings. The van der Waals surface area contributed by atoms with E-state index < -0.39 is 0 Å². The lowest BCUT2D eigenvalue weighted by Crippen LogP contribution is -2.52. The number of hydrogen-bond donors (Lipinski definition) is 1. The van der Waals surface area contributed by atoms with Crippen molar-refractivity contribution in [3.05, 3.63) is 0 Å². The molecular weight excluding hydrogens is 208 g/mol. The van der Waals surface area contributed by atoms with E-state index in [1.54, 1.807) is 0 Å². The second-order valence-corrected chi connectivity index (χ2v) is 6.63. The summed E-state index contributed by atoms with van der Waals surface area (Å²) < 4.78 is 0. The van der Waals surface area contributed by atoms with Crippen LogP contribution in [0.15, 0.2) is 0 Å². The molecule has 4 atom stereocenters. The first-order valence-electron chi connectivity index (χ1n) is 7.54. The van der Waals surface area contributed by atoms with E-state index in [4.69, 9.17) is 0 Å².